The summed E-state index contributed by atoms with van der Waals surface area (Å²) in [7, 11) is 0. The van der Waals surface area contributed by atoms with Crippen LogP contribution in [0.4, 0.5) is 23.5 Å². The van der Waals surface area contributed by atoms with Gasteiger partial charge >= 0.3 is 0 Å². The zero-order valence-corrected chi connectivity index (χ0v) is 24.2. The number of ether oxygens (including phenoxy) is 1. The second-order valence-corrected chi connectivity index (χ2v) is 12.3. The Morgan fingerprint density at radius 1 is 1.32 bits per heavy atom. The number of aliphatic imine (C=N–C) groups is 1. The fourth-order valence-electron chi connectivity index (χ4n) is 6.05. The maximum absolute atomic E-state index is 15.3. The summed E-state index contributed by atoms with van der Waals surface area (Å²) in [4.78, 5) is 24.9. The van der Waals surface area contributed by atoms with E-state index in [1.165, 1.54) is 6.92 Å². The number of halogens is 4. The fraction of sp³-hybridized carbons (Fsp3) is 0.767. The predicted molar refractivity (Wildman–Crippen MR) is 148 cm³/mol. The number of H-pyrrole nitrogens is 1. The fourth-order valence-corrected chi connectivity index (χ4v) is 6.05. The van der Waals surface area contributed by atoms with Crippen molar-refractivity contribution in [1.29, 1.82) is 0 Å². The molecule has 6 nitrogen and oxygen atoms in total. The third-order valence-corrected chi connectivity index (χ3v) is 9.51. The van der Waals surface area contributed by atoms with Gasteiger partial charge in [0.15, 0.2) is 0 Å². The molecule has 0 aromatic carbocycles. The first-order valence-electron chi connectivity index (χ1n) is 14.7. The van der Waals surface area contributed by atoms with E-state index in [1.807, 2.05) is 20.8 Å². The van der Waals surface area contributed by atoms with Gasteiger partial charge in [0.1, 0.15) is 12.3 Å². The van der Waals surface area contributed by atoms with Crippen LogP contribution in [0, 0.1) is 17.3 Å². The zero-order valence-electron chi connectivity index (χ0n) is 24.2. The molecule has 40 heavy (non-hydrogen) atoms. The van der Waals surface area contributed by atoms with Gasteiger partial charge in [0.25, 0.3) is 5.92 Å². The van der Waals surface area contributed by atoms with E-state index in [9.17, 15) is 13.6 Å². The lowest BCUT2D eigenvalue weighted by molar-refractivity contribution is -0.126. The Kier molecular flexibility index (Phi) is 9.47. The summed E-state index contributed by atoms with van der Waals surface area (Å²) in [5.74, 6) is -4.44. The molecule has 1 aromatic rings. The number of amides is 1. The molecule has 1 amide bonds. The van der Waals surface area contributed by atoms with Crippen molar-refractivity contribution in [2.45, 2.75) is 103 Å². The third-order valence-electron chi connectivity index (χ3n) is 9.51. The van der Waals surface area contributed by atoms with Gasteiger partial charge in [0, 0.05) is 30.0 Å². The number of rotatable bonds is 12. The van der Waals surface area contributed by atoms with Crippen LogP contribution in [-0.2, 0) is 9.53 Å². The molecule has 3 heterocycles. The van der Waals surface area contributed by atoms with E-state index >= 15 is 8.78 Å². The van der Waals surface area contributed by atoms with E-state index in [-0.39, 0.29) is 42.6 Å². The highest BCUT2D eigenvalue weighted by Crippen LogP contribution is 2.59. The lowest BCUT2D eigenvalue weighted by Gasteiger charge is -2.34. The Morgan fingerprint density at radius 3 is 2.70 bits per heavy atom. The highest BCUT2D eigenvalue weighted by atomic mass is 19.3. The summed E-state index contributed by atoms with van der Waals surface area (Å²) in [6.45, 7) is 6.67. The lowest BCUT2D eigenvalue weighted by atomic mass is 9.80. The van der Waals surface area contributed by atoms with Crippen LogP contribution in [-0.4, -0.2) is 59.6 Å². The number of hydrogen-bond donors (Lipinski definition) is 2. The average molecular weight is 569 g/mol. The van der Waals surface area contributed by atoms with Crippen molar-refractivity contribution in [2.75, 3.05) is 26.4 Å². The Bertz CT molecular complexity index is 1110. The van der Waals surface area contributed by atoms with Crippen molar-refractivity contribution in [3.8, 4) is 0 Å². The number of nitrogens with one attached hydrogen (secondary N) is 2. The van der Waals surface area contributed by atoms with Crippen LogP contribution in [0.1, 0.15) is 97.1 Å². The molecule has 2 N–H and O–H groups in total. The molecule has 0 radical (unpaired) electrons. The minimum absolute atomic E-state index is 0.0160. The van der Waals surface area contributed by atoms with Crippen LogP contribution < -0.4 is 5.32 Å². The van der Waals surface area contributed by atoms with Crippen LogP contribution in [0.15, 0.2) is 22.3 Å². The standard InChI is InChI=1S/C30H44F4N4O2/c1-5-19(2)22(15-21-7-6-13-35-26(21)39)25(23-17-40-14-12-30(23,33)34)38-27-36-16-24(37-27)20(3)8-9-29(10-11-29)28(4,32)18-31/h16,20-21,23H,5-15,17-18H2,1-4H3,(H,35,39)(H,36,37)/b22-19?,38-25+/t20?,21-,23?,28?/m1/s1. The number of allylic oxidation sites excluding steroid dienone is 2. The first-order chi connectivity index (χ1) is 18.9. The zero-order chi connectivity index (χ0) is 29.1. The Morgan fingerprint density at radius 2 is 2.08 bits per heavy atom. The molecular formula is C30H44F4N4O2. The Balaban J connectivity index is 1.62. The number of hydrogen-bond acceptors (Lipinski definition) is 4. The van der Waals surface area contributed by atoms with Crippen LogP contribution in [0.2, 0.25) is 0 Å². The van der Waals surface area contributed by atoms with Gasteiger partial charge in [0.2, 0.25) is 11.9 Å². The van der Waals surface area contributed by atoms with Gasteiger partial charge in [-0.2, -0.15) is 0 Å². The largest absolute Gasteiger partial charge is 0.380 e. The summed E-state index contributed by atoms with van der Waals surface area (Å²) >= 11 is 0. The van der Waals surface area contributed by atoms with Gasteiger partial charge in [0.05, 0.1) is 31.0 Å². The van der Waals surface area contributed by atoms with Crippen LogP contribution in [0.25, 0.3) is 0 Å². The normalized spacial score (nSPS) is 27.4. The molecule has 1 saturated carbocycles. The molecule has 3 fully saturated rings. The van der Waals surface area contributed by atoms with Crippen LogP contribution in [0.3, 0.4) is 0 Å². The minimum atomic E-state index is -3.01. The molecule has 224 valence electrons. The molecular weight excluding hydrogens is 524 g/mol. The van der Waals surface area contributed by atoms with E-state index in [2.05, 4.69) is 15.3 Å². The van der Waals surface area contributed by atoms with E-state index in [1.54, 1.807) is 6.20 Å². The van der Waals surface area contributed by atoms with E-state index in [0.717, 1.165) is 17.7 Å². The molecule has 0 bridgehead atoms. The van der Waals surface area contributed by atoms with Gasteiger partial charge in [-0.1, -0.05) is 19.4 Å². The summed E-state index contributed by atoms with van der Waals surface area (Å²) in [5.41, 5.74) is 0.146. The number of carbonyl (C=O) groups excluding carboxylic acids is 1. The number of piperidine rings is 1. The second-order valence-electron chi connectivity index (χ2n) is 12.3. The second kappa shape index (κ2) is 12.3. The van der Waals surface area contributed by atoms with Gasteiger partial charge < -0.3 is 15.0 Å². The van der Waals surface area contributed by atoms with Gasteiger partial charge in [-0.25, -0.2) is 27.5 Å². The Hall–Kier alpha value is -2.23. The molecule has 10 heteroatoms. The van der Waals surface area contributed by atoms with Crippen molar-refractivity contribution < 1.29 is 27.1 Å². The minimum Gasteiger partial charge on any atom is -0.380 e. The lowest BCUT2D eigenvalue weighted by Crippen LogP contribution is -2.44. The highest BCUT2D eigenvalue weighted by Gasteiger charge is 2.57. The van der Waals surface area contributed by atoms with Gasteiger partial charge in [-0.05, 0) is 76.7 Å². The Labute approximate surface area is 234 Å². The van der Waals surface area contributed by atoms with Crippen molar-refractivity contribution in [3.63, 3.8) is 0 Å². The number of aromatic nitrogens is 2. The number of nitrogens with zero attached hydrogens (tertiary/aromatic N) is 2. The molecule has 3 aliphatic rings. The van der Waals surface area contributed by atoms with Crippen LogP contribution in [0.5, 0.6) is 0 Å². The molecule has 2 saturated heterocycles. The predicted octanol–water partition coefficient (Wildman–Crippen LogP) is 7.16. The highest BCUT2D eigenvalue weighted by molar-refractivity contribution is 6.04. The maximum atomic E-state index is 15.3. The average Bonchev–Trinajstić information content (AvgIpc) is 3.60. The maximum Gasteiger partial charge on any atom is 0.260 e. The van der Waals surface area contributed by atoms with E-state index in [4.69, 9.17) is 9.73 Å². The van der Waals surface area contributed by atoms with Gasteiger partial charge in [-0.3, -0.25) is 4.79 Å². The summed E-state index contributed by atoms with van der Waals surface area (Å²) in [6, 6.07) is 0. The molecule has 0 spiro atoms. The first-order valence-corrected chi connectivity index (χ1v) is 14.7. The number of imidazole rings is 1. The SMILES string of the molecule is CCC(C)=C(C[C@H]1CCCNC1=O)/C(=N\c1ncc(C(C)CCC2(C(C)(F)CF)CC2)[nH]1)C1COCCC1(F)F. The molecule has 1 aliphatic carbocycles. The third kappa shape index (κ3) is 6.63. The van der Waals surface area contributed by atoms with Gasteiger partial charge in [-0.15, -0.1) is 0 Å². The van der Waals surface area contributed by atoms with Crippen molar-refractivity contribution >= 4 is 17.6 Å². The summed E-state index contributed by atoms with van der Waals surface area (Å²) in [5, 5.41) is 2.90. The van der Waals surface area contributed by atoms with Crippen molar-refractivity contribution in [1.82, 2.24) is 15.3 Å². The molecule has 3 unspecified atom stereocenters. The number of aromatic amines is 1. The quantitative estimate of drug-likeness (QED) is 0.207. The monoisotopic (exact) mass is 568 g/mol. The number of carbonyl (C=O) groups is 1. The smallest absolute Gasteiger partial charge is 0.260 e. The molecule has 4 atom stereocenters. The first kappa shape index (κ1) is 30.7. The van der Waals surface area contributed by atoms with Crippen molar-refractivity contribution in [2.24, 2.45) is 22.2 Å². The van der Waals surface area contributed by atoms with Crippen LogP contribution >= 0.6 is 0 Å². The summed E-state index contributed by atoms with van der Waals surface area (Å²) in [6.07, 6.45) is 6.32. The molecule has 1 aromatic heterocycles. The molecule has 2 aliphatic heterocycles. The topological polar surface area (TPSA) is 79.4 Å². The van der Waals surface area contributed by atoms with Crippen molar-refractivity contribution in [3.05, 3.63) is 23.0 Å². The van der Waals surface area contributed by atoms with E-state index in [0.29, 0.717) is 57.1 Å². The molecule has 4 rings (SSSR count). The summed E-state index contributed by atoms with van der Waals surface area (Å²) < 4.78 is 64.2. The van der Waals surface area contributed by atoms with E-state index < -0.39 is 36.0 Å². The number of alkyl halides is 4.